The zero-order chi connectivity index (χ0) is 12.5. The summed E-state index contributed by atoms with van der Waals surface area (Å²) in [6, 6.07) is 9.99. The van der Waals surface area contributed by atoms with Crippen molar-refractivity contribution in [3.05, 3.63) is 59.6 Å². The third kappa shape index (κ3) is 1.64. The van der Waals surface area contributed by atoms with Gasteiger partial charge < -0.3 is 9.15 Å². The van der Waals surface area contributed by atoms with Crippen molar-refractivity contribution in [2.75, 3.05) is 0 Å². The van der Waals surface area contributed by atoms with Gasteiger partial charge in [0, 0.05) is 0 Å². The SMILES string of the molecule is O=C1Oc2ccccc2C(=O)C1=Cc1ccco1. The van der Waals surface area contributed by atoms with E-state index in [4.69, 9.17) is 9.15 Å². The molecule has 0 atom stereocenters. The smallest absolute Gasteiger partial charge is 0.347 e. The Morgan fingerprint density at radius 1 is 1.00 bits per heavy atom. The highest BCUT2D eigenvalue weighted by atomic mass is 16.5. The van der Waals surface area contributed by atoms with Crippen LogP contribution in [0.25, 0.3) is 6.08 Å². The Balaban J connectivity index is 2.09. The van der Waals surface area contributed by atoms with Gasteiger partial charge in [-0.1, -0.05) is 12.1 Å². The number of esters is 1. The molecule has 0 bridgehead atoms. The van der Waals surface area contributed by atoms with E-state index in [0.717, 1.165) is 0 Å². The summed E-state index contributed by atoms with van der Waals surface area (Å²) in [5, 5.41) is 0. The number of benzene rings is 1. The second-order valence-corrected chi connectivity index (χ2v) is 3.79. The molecule has 0 N–H and O–H groups in total. The number of carbonyl (C=O) groups is 2. The normalized spacial score (nSPS) is 16.6. The Bertz CT molecular complexity index is 650. The van der Waals surface area contributed by atoms with Gasteiger partial charge in [0.05, 0.1) is 11.8 Å². The molecule has 2 aromatic rings. The van der Waals surface area contributed by atoms with Crippen molar-refractivity contribution < 1.29 is 18.7 Å². The molecule has 0 saturated carbocycles. The van der Waals surface area contributed by atoms with E-state index >= 15 is 0 Å². The standard InChI is InChI=1S/C14H8O4/c15-13-10-5-1-2-6-12(10)18-14(16)11(13)8-9-4-3-7-17-9/h1-8H. The summed E-state index contributed by atoms with van der Waals surface area (Å²) in [6.45, 7) is 0. The van der Waals surface area contributed by atoms with Crippen LogP contribution < -0.4 is 4.74 Å². The highest BCUT2D eigenvalue weighted by Crippen LogP contribution is 2.28. The van der Waals surface area contributed by atoms with Gasteiger partial charge >= 0.3 is 5.97 Å². The maximum Gasteiger partial charge on any atom is 0.347 e. The van der Waals surface area contributed by atoms with Crippen LogP contribution in [0.2, 0.25) is 0 Å². The number of ether oxygens (including phenoxy) is 1. The Labute approximate surface area is 102 Å². The van der Waals surface area contributed by atoms with Crippen LogP contribution >= 0.6 is 0 Å². The third-order valence-electron chi connectivity index (χ3n) is 2.63. The van der Waals surface area contributed by atoms with Crippen LogP contribution in [0, 0.1) is 0 Å². The summed E-state index contributed by atoms with van der Waals surface area (Å²) in [4.78, 5) is 23.9. The topological polar surface area (TPSA) is 56.5 Å². The van der Waals surface area contributed by atoms with Crippen molar-refractivity contribution in [3.8, 4) is 5.75 Å². The number of fused-ring (bicyclic) bond motifs is 1. The molecule has 0 fully saturated rings. The van der Waals surface area contributed by atoms with Gasteiger partial charge in [0.2, 0.25) is 5.78 Å². The van der Waals surface area contributed by atoms with Gasteiger partial charge in [-0.15, -0.1) is 0 Å². The number of hydrogen-bond acceptors (Lipinski definition) is 4. The largest absolute Gasteiger partial charge is 0.465 e. The molecule has 0 aliphatic carbocycles. The van der Waals surface area contributed by atoms with E-state index < -0.39 is 5.97 Å². The minimum absolute atomic E-state index is 0.0244. The molecule has 4 heteroatoms. The number of carbonyl (C=O) groups excluding carboxylic acids is 2. The molecule has 1 aromatic carbocycles. The highest BCUT2D eigenvalue weighted by molar-refractivity contribution is 6.30. The molecule has 0 saturated heterocycles. The lowest BCUT2D eigenvalue weighted by Gasteiger charge is -2.15. The minimum atomic E-state index is -0.657. The molecule has 0 unspecified atom stereocenters. The van der Waals surface area contributed by atoms with Crippen LogP contribution in [0.15, 0.2) is 52.7 Å². The predicted octanol–water partition coefficient (Wildman–Crippen LogP) is 2.46. The lowest BCUT2D eigenvalue weighted by atomic mass is 9.99. The Morgan fingerprint density at radius 2 is 1.83 bits per heavy atom. The highest BCUT2D eigenvalue weighted by Gasteiger charge is 2.30. The van der Waals surface area contributed by atoms with Gasteiger partial charge in [-0.3, -0.25) is 4.79 Å². The van der Waals surface area contributed by atoms with Gasteiger partial charge in [0.1, 0.15) is 17.1 Å². The second-order valence-electron chi connectivity index (χ2n) is 3.79. The first-order valence-corrected chi connectivity index (χ1v) is 5.37. The zero-order valence-corrected chi connectivity index (χ0v) is 9.25. The number of rotatable bonds is 1. The summed E-state index contributed by atoms with van der Waals surface area (Å²) in [7, 11) is 0. The molecule has 18 heavy (non-hydrogen) atoms. The molecule has 0 spiro atoms. The van der Waals surface area contributed by atoms with E-state index in [2.05, 4.69) is 0 Å². The molecule has 0 radical (unpaired) electrons. The molecule has 1 aliphatic rings. The fourth-order valence-corrected chi connectivity index (χ4v) is 1.78. The average Bonchev–Trinajstić information content (AvgIpc) is 2.87. The fourth-order valence-electron chi connectivity index (χ4n) is 1.78. The maximum atomic E-state index is 12.1. The first-order valence-electron chi connectivity index (χ1n) is 5.37. The van der Waals surface area contributed by atoms with E-state index in [-0.39, 0.29) is 11.4 Å². The molecule has 1 aromatic heterocycles. The first-order chi connectivity index (χ1) is 8.75. The maximum absolute atomic E-state index is 12.1. The second kappa shape index (κ2) is 4.00. The summed E-state index contributed by atoms with van der Waals surface area (Å²) < 4.78 is 10.2. The summed E-state index contributed by atoms with van der Waals surface area (Å²) in [5.41, 5.74) is 0.360. The van der Waals surface area contributed by atoms with Crippen molar-refractivity contribution in [2.45, 2.75) is 0 Å². The molecule has 3 rings (SSSR count). The fraction of sp³-hybridized carbons (Fsp3) is 0. The molecule has 88 valence electrons. The molecule has 2 heterocycles. The van der Waals surface area contributed by atoms with Gasteiger partial charge in [0.15, 0.2) is 0 Å². The van der Waals surface area contributed by atoms with E-state index in [9.17, 15) is 9.59 Å². The number of para-hydroxylation sites is 1. The van der Waals surface area contributed by atoms with Crippen LogP contribution in [-0.2, 0) is 4.79 Å². The van der Waals surface area contributed by atoms with Crippen LogP contribution in [0.4, 0.5) is 0 Å². The minimum Gasteiger partial charge on any atom is -0.465 e. The molecule has 4 nitrogen and oxygen atoms in total. The number of Topliss-reactive ketones (excluding diaryl/α,β-unsaturated/α-hetero) is 1. The third-order valence-corrected chi connectivity index (χ3v) is 2.63. The summed E-state index contributed by atoms with van der Waals surface area (Å²) in [5.74, 6) is -0.271. The molecular weight excluding hydrogens is 232 g/mol. The van der Waals surface area contributed by atoms with Crippen molar-refractivity contribution in [3.63, 3.8) is 0 Å². The number of hydrogen-bond donors (Lipinski definition) is 0. The van der Waals surface area contributed by atoms with Crippen LogP contribution in [0.1, 0.15) is 16.1 Å². The lowest BCUT2D eigenvalue weighted by molar-refractivity contribution is -0.130. The average molecular weight is 240 g/mol. The van der Waals surface area contributed by atoms with E-state index in [1.807, 2.05) is 0 Å². The van der Waals surface area contributed by atoms with Gasteiger partial charge in [-0.25, -0.2) is 4.79 Å². The monoisotopic (exact) mass is 240 g/mol. The van der Waals surface area contributed by atoms with Crippen LogP contribution in [0.5, 0.6) is 5.75 Å². The zero-order valence-electron chi connectivity index (χ0n) is 9.25. The Morgan fingerprint density at radius 3 is 2.61 bits per heavy atom. The first kappa shape index (κ1) is 10.5. The Kier molecular flexibility index (Phi) is 2.34. The van der Waals surface area contributed by atoms with E-state index in [0.29, 0.717) is 17.1 Å². The van der Waals surface area contributed by atoms with Crippen LogP contribution in [0.3, 0.4) is 0 Å². The number of furan rings is 1. The predicted molar refractivity (Wildman–Crippen MR) is 63.1 cm³/mol. The Hall–Kier alpha value is -2.62. The van der Waals surface area contributed by atoms with Crippen molar-refractivity contribution in [1.29, 1.82) is 0 Å². The summed E-state index contributed by atoms with van der Waals surface area (Å²) in [6.07, 6.45) is 2.86. The van der Waals surface area contributed by atoms with Gasteiger partial charge in [-0.2, -0.15) is 0 Å². The van der Waals surface area contributed by atoms with Gasteiger partial charge in [0.25, 0.3) is 0 Å². The van der Waals surface area contributed by atoms with Crippen molar-refractivity contribution in [2.24, 2.45) is 0 Å². The molecule has 0 amide bonds. The van der Waals surface area contributed by atoms with Crippen LogP contribution in [-0.4, -0.2) is 11.8 Å². The van der Waals surface area contributed by atoms with E-state index in [1.54, 1.807) is 36.4 Å². The lowest BCUT2D eigenvalue weighted by Crippen LogP contribution is -2.24. The van der Waals surface area contributed by atoms with Crippen molar-refractivity contribution >= 4 is 17.8 Å². The summed E-state index contributed by atoms with van der Waals surface area (Å²) >= 11 is 0. The van der Waals surface area contributed by atoms with Crippen molar-refractivity contribution in [1.82, 2.24) is 0 Å². The quantitative estimate of drug-likeness (QED) is 0.332. The molecule has 1 aliphatic heterocycles. The number of ketones is 1. The van der Waals surface area contributed by atoms with Gasteiger partial charge in [-0.05, 0) is 30.3 Å². The molecular formula is C14H8O4. The van der Waals surface area contributed by atoms with E-state index in [1.165, 1.54) is 12.3 Å².